The summed E-state index contributed by atoms with van der Waals surface area (Å²) in [5.41, 5.74) is 1.10. The van der Waals surface area contributed by atoms with Gasteiger partial charge in [0.25, 0.3) is 0 Å². The van der Waals surface area contributed by atoms with Crippen molar-refractivity contribution in [2.24, 2.45) is 0 Å². The molecule has 0 bridgehead atoms. The Morgan fingerprint density at radius 2 is 2.10 bits per heavy atom. The van der Waals surface area contributed by atoms with Gasteiger partial charge in [-0.3, -0.25) is 0 Å². The van der Waals surface area contributed by atoms with Gasteiger partial charge in [0.2, 0.25) is 10.0 Å². The van der Waals surface area contributed by atoms with Crippen molar-refractivity contribution in [1.29, 1.82) is 5.26 Å². The van der Waals surface area contributed by atoms with E-state index in [9.17, 15) is 8.42 Å². The quantitative estimate of drug-likeness (QED) is 0.840. The number of nitrogens with zero attached hydrogens (tertiary/aromatic N) is 3. The van der Waals surface area contributed by atoms with E-state index in [1.165, 1.54) is 10.4 Å². The molecule has 1 aromatic rings. The van der Waals surface area contributed by atoms with Crippen molar-refractivity contribution in [3.8, 4) is 6.07 Å². The third-order valence-electron chi connectivity index (χ3n) is 3.78. The Bertz CT molecular complexity index is 647. The third-order valence-corrected chi connectivity index (χ3v) is 5.80. The first-order valence-corrected chi connectivity index (χ1v) is 7.97. The molecular formula is C14H19N3O2S. The molecule has 6 heteroatoms. The van der Waals surface area contributed by atoms with Gasteiger partial charge in [0.05, 0.1) is 16.5 Å². The molecule has 1 saturated heterocycles. The maximum atomic E-state index is 12.6. The van der Waals surface area contributed by atoms with Gasteiger partial charge in [-0.1, -0.05) is 0 Å². The number of aryl methyl sites for hydroxylation is 1. The molecule has 1 aliphatic rings. The van der Waals surface area contributed by atoms with Crippen LogP contribution >= 0.6 is 0 Å². The number of hydrogen-bond acceptors (Lipinski definition) is 4. The molecule has 1 atom stereocenters. The molecule has 0 aliphatic carbocycles. The number of rotatable bonds is 3. The van der Waals surface area contributed by atoms with Gasteiger partial charge in [0.15, 0.2) is 0 Å². The van der Waals surface area contributed by atoms with E-state index in [4.69, 9.17) is 5.26 Å². The van der Waals surface area contributed by atoms with E-state index in [1.807, 2.05) is 20.2 Å². The molecule has 108 valence electrons. The number of sulfonamides is 1. The molecule has 1 unspecified atom stereocenters. The zero-order valence-corrected chi connectivity index (χ0v) is 12.8. The molecule has 1 heterocycles. The molecule has 0 amide bonds. The normalized spacial score (nSPS) is 20.2. The van der Waals surface area contributed by atoms with Crippen LogP contribution in [0.2, 0.25) is 0 Å². The van der Waals surface area contributed by atoms with E-state index in [0.29, 0.717) is 29.1 Å². The Balaban J connectivity index is 2.30. The maximum Gasteiger partial charge on any atom is 0.243 e. The molecule has 0 N–H and O–H groups in total. The van der Waals surface area contributed by atoms with Crippen molar-refractivity contribution < 1.29 is 8.42 Å². The van der Waals surface area contributed by atoms with Crippen molar-refractivity contribution in [2.45, 2.75) is 24.3 Å². The van der Waals surface area contributed by atoms with Crippen molar-refractivity contribution >= 4 is 10.0 Å². The van der Waals surface area contributed by atoms with Crippen LogP contribution in [-0.2, 0) is 10.0 Å². The summed E-state index contributed by atoms with van der Waals surface area (Å²) in [5, 5.41) is 8.85. The highest BCUT2D eigenvalue weighted by molar-refractivity contribution is 7.89. The molecule has 1 fully saturated rings. The lowest BCUT2D eigenvalue weighted by Crippen LogP contribution is -2.34. The minimum Gasteiger partial charge on any atom is -0.305 e. The van der Waals surface area contributed by atoms with Gasteiger partial charge >= 0.3 is 0 Å². The van der Waals surface area contributed by atoms with Crippen LogP contribution in [0.4, 0.5) is 0 Å². The van der Waals surface area contributed by atoms with Crippen LogP contribution in [0.3, 0.4) is 0 Å². The van der Waals surface area contributed by atoms with Gasteiger partial charge in [0, 0.05) is 19.1 Å². The van der Waals surface area contributed by atoms with Crippen molar-refractivity contribution in [2.75, 3.05) is 27.2 Å². The summed E-state index contributed by atoms with van der Waals surface area (Å²) in [6.45, 7) is 2.80. The van der Waals surface area contributed by atoms with E-state index in [1.54, 1.807) is 19.1 Å². The van der Waals surface area contributed by atoms with Crippen LogP contribution in [0, 0.1) is 18.3 Å². The molecule has 0 saturated carbocycles. The summed E-state index contributed by atoms with van der Waals surface area (Å²) >= 11 is 0. The second-order valence-corrected chi connectivity index (χ2v) is 7.27. The summed E-state index contributed by atoms with van der Waals surface area (Å²) in [4.78, 5) is 2.36. The Hall–Kier alpha value is -1.42. The maximum absolute atomic E-state index is 12.6. The Kier molecular flexibility index (Phi) is 4.14. The molecular weight excluding hydrogens is 274 g/mol. The van der Waals surface area contributed by atoms with Crippen LogP contribution in [-0.4, -0.2) is 50.8 Å². The Labute approximate surface area is 120 Å². The average Bonchev–Trinajstić information content (AvgIpc) is 2.88. The fraction of sp³-hybridized carbons (Fsp3) is 0.500. The largest absolute Gasteiger partial charge is 0.305 e. The van der Waals surface area contributed by atoms with Crippen LogP contribution in [0.25, 0.3) is 0 Å². The summed E-state index contributed by atoms with van der Waals surface area (Å²) in [7, 11) is 0.469. The van der Waals surface area contributed by atoms with Crippen LogP contribution in [0.1, 0.15) is 17.5 Å². The smallest absolute Gasteiger partial charge is 0.243 e. The molecule has 0 spiro atoms. The molecule has 0 aromatic heterocycles. The highest BCUT2D eigenvalue weighted by Gasteiger charge is 2.34. The molecule has 2 rings (SSSR count). The first-order valence-electron chi connectivity index (χ1n) is 6.53. The zero-order chi connectivity index (χ0) is 14.9. The van der Waals surface area contributed by atoms with Gasteiger partial charge in [-0.05, 0) is 51.2 Å². The van der Waals surface area contributed by atoms with Crippen molar-refractivity contribution in [3.05, 3.63) is 29.3 Å². The van der Waals surface area contributed by atoms with Crippen molar-refractivity contribution in [1.82, 2.24) is 9.21 Å². The first kappa shape index (κ1) is 15.0. The van der Waals surface area contributed by atoms with Crippen LogP contribution in [0.15, 0.2) is 23.1 Å². The second kappa shape index (κ2) is 5.52. The van der Waals surface area contributed by atoms with Gasteiger partial charge < -0.3 is 4.90 Å². The van der Waals surface area contributed by atoms with E-state index in [0.717, 1.165) is 6.42 Å². The third kappa shape index (κ3) is 2.70. The lowest BCUT2D eigenvalue weighted by molar-refractivity contribution is 0.302. The molecule has 20 heavy (non-hydrogen) atoms. The molecule has 5 nitrogen and oxygen atoms in total. The Morgan fingerprint density at radius 1 is 1.40 bits per heavy atom. The van der Waals surface area contributed by atoms with E-state index in [2.05, 4.69) is 4.90 Å². The molecule has 1 aliphatic heterocycles. The monoisotopic (exact) mass is 293 g/mol. The number of hydrogen-bond donors (Lipinski definition) is 0. The number of nitriles is 1. The van der Waals surface area contributed by atoms with E-state index >= 15 is 0 Å². The van der Waals surface area contributed by atoms with E-state index < -0.39 is 10.0 Å². The lowest BCUT2D eigenvalue weighted by atomic mass is 10.2. The zero-order valence-electron chi connectivity index (χ0n) is 12.0. The van der Waals surface area contributed by atoms with Crippen molar-refractivity contribution in [3.63, 3.8) is 0 Å². The highest BCUT2D eigenvalue weighted by Crippen LogP contribution is 2.25. The SMILES string of the molecule is Cc1cc(C#N)ccc1S(=O)(=O)N1CCC(N(C)C)C1. The number of benzene rings is 1. The minimum atomic E-state index is -3.46. The first-order chi connectivity index (χ1) is 9.36. The van der Waals surface area contributed by atoms with Crippen LogP contribution < -0.4 is 0 Å². The predicted octanol–water partition coefficient (Wildman–Crippen LogP) is 1.19. The fourth-order valence-electron chi connectivity index (χ4n) is 2.50. The van der Waals surface area contributed by atoms with Gasteiger partial charge in [-0.2, -0.15) is 9.57 Å². The molecule has 0 radical (unpaired) electrons. The average molecular weight is 293 g/mol. The second-order valence-electron chi connectivity index (χ2n) is 5.36. The standard InChI is InChI=1S/C14H19N3O2S/c1-11-8-12(9-15)4-5-14(11)20(18,19)17-7-6-13(10-17)16(2)3/h4-5,8,13H,6-7,10H2,1-3H3. The van der Waals surface area contributed by atoms with Gasteiger partial charge in [-0.15, -0.1) is 0 Å². The minimum absolute atomic E-state index is 0.267. The summed E-state index contributed by atoms with van der Waals surface area (Å²) in [5.74, 6) is 0. The topological polar surface area (TPSA) is 64.4 Å². The fourth-order valence-corrected chi connectivity index (χ4v) is 4.20. The predicted molar refractivity (Wildman–Crippen MR) is 76.7 cm³/mol. The summed E-state index contributed by atoms with van der Waals surface area (Å²) in [6, 6.07) is 7.00. The van der Waals surface area contributed by atoms with Gasteiger partial charge in [0.1, 0.15) is 0 Å². The van der Waals surface area contributed by atoms with E-state index in [-0.39, 0.29) is 6.04 Å². The highest BCUT2D eigenvalue weighted by atomic mass is 32.2. The molecule has 1 aromatic carbocycles. The lowest BCUT2D eigenvalue weighted by Gasteiger charge is -2.21. The summed E-state index contributed by atoms with van der Waals surface area (Å²) < 4.78 is 26.8. The number of likely N-dealkylation sites (N-methyl/N-ethyl adjacent to an activating group) is 1. The van der Waals surface area contributed by atoms with Crippen LogP contribution in [0.5, 0.6) is 0 Å². The van der Waals surface area contributed by atoms with Gasteiger partial charge in [-0.25, -0.2) is 8.42 Å². The summed E-state index contributed by atoms with van der Waals surface area (Å²) in [6.07, 6.45) is 0.849. The Morgan fingerprint density at radius 3 is 2.60 bits per heavy atom.